The van der Waals surface area contributed by atoms with Crippen molar-refractivity contribution in [2.24, 2.45) is 0 Å². The summed E-state index contributed by atoms with van der Waals surface area (Å²) < 4.78 is 4.95. The zero-order chi connectivity index (χ0) is 15.4. The number of methoxy groups -OCH3 is 1. The largest absolute Gasteiger partial charge is 0.490 e. The van der Waals surface area contributed by atoms with Crippen LogP contribution in [0.2, 0.25) is 0 Å². The van der Waals surface area contributed by atoms with Crippen LogP contribution in [0.25, 0.3) is 0 Å². The molecule has 1 unspecified atom stereocenters. The summed E-state index contributed by atoms with van der Waals surface area (Å²) in [5.74, 6) is -0.963. The number of carboxylic acids is 1. The highest BCUT2D eigenvalue weighted by molar-refractivity contribution is 7.10. The molecule has 0 bridgehead atoms. The molecule has 110 valence electrons. The Kier molecular flexibility index (Phi) is 4.39. The van der Waals surface area contributed by atoms with Crippen molar-refractivity contribution < 1.29 is 19.6 Å². The molecule has 1 atom stereocenters. The Hall–Kier alpha value is -2.61. The SMILES string of the molecule is COc1cc(NC(C(=O)O)c2cccs2)ccc1[N+](=O)[O-]. The van der Waals surface area contributed by atoms with E-state index in [0.29, 0.717) is 10.6 Å². The van der Waals surface area contributed by atoms with Gasteiger partial charge in [0.15, 0.2) is 11.8 Å². The lowest BCUT2D eigenvalue weighted by Gasteiger charge is -2.15. The van der Waals surface area contributed by atoms with Gasteiger partial charge in [0.25, 0.3) is 0 Å². The van der Waals surface area contributed by atoms with Crippen molar-refractivity contribution in [2.75, 3.05) is 12.4 Å². The number of hydrogen-bond acceptors (Lipinski definition) is 6. The molecule has 1 heterocycles. The lowest BCUT2D eigenvalue weighted by atomic mass is 10.2. The van der Waals surface area contributed by atoms with Gasteiger partial charge in [-0.2, -0.15) is 0 Å². The molecule has 7 nitrogen and oxygen atoms in total. The fourth-order valence-corrected chi connectivity index (χ4v) is 2.56. The fraction of sp³-hybridized carbons (Fsp3) is 0.154. The average Bonchev–Trinajstić information content (AvgIpc) is 2.97. The third-order valence-electron chi connectivity index (χ3n) is 2.76. The molecule has 1 aromatic heterocycles. The number of nitrogens with zero attached hydrogens (tertiary/aromatic N) is 1. The van der Waals surface area contributed by atoms with E-state index in [4.69, 9.17) is 4.74 Å². The molecule has 0 aliphatic carbocycles. The van der Waals surface area contributed by atoms with Gasteiger partial charge in [0.2, 0.25) is 0 Å². The predicted octanol–water partition coefficient (Wildman–Crippen LogP) is 2.90. The second-order valence-corrected chi connectivity index (χ2v) is 5.05. The normalized spacial score (nSPS) is 11.7. The van der Waals surface area contributed by atoms with Gasteiger partial charge in [-0.05, 0) is 17.5 Å². The van der Waals surface area contributed by atoms with Gasteiger partial charge in [-0.25, -0.2) is 4.79 Å². The van der Waals surface area contributed by atoms with Crippen molar-refractivity contribution in [3.8, 4) is 5.75 Å². The van der Waals surface area contributed by atoms with Crippen molar-refractivity contribution in [1.82, 2.24) is 0 Å². The number of nitro benzene ring substituents is 1. The summed E-state index contributed by atoms with van der Waals surface area (Å²) in [5, 5.41) is 24.7. The van der Waals surface area contributed by atoms with Crippen molar-refractivity contribution >= 4 is 28.7 Å². The number of nitrogens with one attached hydrogen (secondary N) is 1. The maximum Gasteiger partial charge on any atom is 0.331 e. The van der Waals surface area contributed by atoms with Crippen LogP contribution >= 0.6 is 11.3 Å². The van der Waals surface area contributed by atoms with Crippen LogP contribution in [0.4, 0.5) is 11.4 Å². The third-order valence-corrected chi connectivity index (χ3v) is 3.70. The third kappa shape index (κ3) is 3.29. The van der Waals surface area contributed by atoms with Crippen LogP contribution in [-0.4, -0.2) is 23.1 Å². The minimum atomic E-state index is -1.03. The van der Waals surface area contributed by atoms with E-state index in [9.17, 15) is 20.0 Å². The Morgan fingerprint density at radius 3 is 2.76 bits per heavy atom. The molecule has 0 radical (unpaired) electrons. The second-order valence-electron chi connectivity index (χ2n) is 4.07. The second kappa shape index (κ2) is 6.23. The van der Waals surface area contributed by atoms with Gasteiger partial charge >= 0.3 is 11.7 Å². The van der Waals surface area contributed by atoms with Gasteiger partial charge in [-0.15, -0.1) is 11.3 Å². The lowest BCUT2D eigenvalue weighted by Crippen LogP contribution is -2.19. The molecule has 0 saturated heterocycles. The molecule has 0 saturated carbocycles. The Bertz CT molecular complexity index is 657. The highest BCUT2D eigenvalue weighted by atomic mass is 32.1. The molecule has 2 aromatic rings. The van der Waals surface area contributed by atoms with Crippen LogP contribution in [0.1, 0.15) is 10.9 Å². The van der Waals surface area contributed by atoms with E-state index >= 15 is 0 Å². The van der Waals surface area contributed by atoms with Crippen LogP contribution in [0.15, 0.2) is 35.7 Å². The molecule has 0 aliphatic heterocycles. The van der Waals surface area contributed by atoms with Gasteiger partial charge in [-0.3, -0.25) is 10.1 Å². The van der Waals surface area contributed by atoms with Crippen LogP contribution in [0.3, 0.4) is 0 Å². The first kappa shape index (κ1) is 14.8. The van der Waals surface area contributed by atoms with Crippen LogP contribution < -0.4 is 10.1 Å². The Labute approximate surface area is 123 Å². The summed E-state index contributed by atoms with van der Waals surface area (Å²) in [6.07, 6.45) is 0. The number of aliphatic carboxylic acids is 1. The monoisotopic (exact) mass is 308 g/mol. The van der Waals surface area contributed by atoms with Crippen molar-refractivity contribution in [1.29, 1.82) is 0 Å². The Morgan fingerprint density at radius 2 is 2.24 bits per heavy atom. The van der Waals surface area contributed by atoms with E-state index in [1.165, 1.54) is 36.6 Å². The van der Waals surface area contributed by atoms with Gasteiger partial charge in [0.05, 0.1) is 12.0 Å². The van der Waals surface area contributed by atoms with E-state index < -0.39 is 16.9 Å². The number of anilines is 1. The van der Waals surface area contributed by atoms with E-state index in [0.717, 1.165) is 0 Å². The van der Waals surface area contributed by atoms with E-state index in [1.54, 1.807) is 17.5 Å². The fourth-order valence-electron chi connectivity index (χ4n) is 1.79. The van der Waals surface area contributed by atoms with E-state index in [1.807, 2.05) is 0 Å². The summed E-state index contributed by atoms with van der Waals surface area (Å²) in [6, 6.07) is 6.67. The quantitative estimate of drug-likeness (QED) is 0.628. The van der Waals surface area contributed by atoms with Gasteiger partial charge < -0.3 is 15.2 Å². The predicted molar refractivity (Wildman–Crippen MR) is 78.0 cm³/mol. The number of rotatable bonds is 6. The molecule has 2 N–H and O–H groups in total. The zero-order valence-electron chi connectivity index (χ0n) is 11.0. The van der Waals surface area contributed by atoms with Gasteiger partial charge in [-0.1, -0.05) is 6.07 Å². The van der Waals surface area contributed by atoms with Crippen molar-refractivity contribution in [3.05, 3.63) is 50.7 Å². The number of carboxylic acid groups (broad SMARTS) is 1. The first-order chi connectivity index (χ1) is 10.0. The standard InChI is InChI=1S/C13H12N2O5S/c1-20-10-7-8(4-5-9(10)15(18)19)14-12(13(16)17)11-3-2-6-21-11/h2-7,12,14H,1H3,(H,16,17). The molecule has 8 heteroatoms. The first-order valence-electron chi connectivity index (χ1n) is 5.88. The highest BCUT2D eigenvalue weighted by Crippen LogP contribution is 2.32. The topological polar surface area (TPSA) is 102 Å². The summed E-state index contributed by atoms with van der Waals surface area (Å²) in [6.45, 7) is 0. The van der Waals surface area contributed by atoms with Crippen molar-refractivity contribution in [3.63, 3.8) is 0 Å². The van der Waals surface area contributed by atoms with Gasteiger partial charge in [0, 0.05) is 22.7 Å². The molecule has 21 heavy (non-hydrogen) atoms. The van der Waals surface area contributed by atoms with Gasteiger partial charge in [0.1, 0.15) is 0 Å². The molecular weight excluding hydrogens is 296 g/mol. The minimum Gasteiger partial charge on any atom is -0.490 e. The van der Waals surface area contributed by atoms with E-state index in [-0.39, 0.29) is 11.4 Å². The number of nitro groups is 1. The maximum absolute atomic E-state index is 11.3. The lowest BCUT2D eigenvalue weighted by molar-refractivity contribution is -0.385. The van der Waals surface area contributed by atoms with Crippen LogP contribution in [-0.2, 0) is 4.79 Å². The average molecular weight is 308 g/mol. The molecule has 0 amide bonds. The molecule has 1 aromatic carbocycles. The molecule has 0 spiro atoms. The first-order valence-corrected chi connectivity index (χ1v) is 6.76. The summed E-state index contributed by atoms with van der Waals surface area (Å²) in [4.78, 5) is 22.2. The molecule has 0 aliphatic rings. The molecular formula is C13H12N2O5S. The van der Waals surface area contributed by atoms with Crippen molar-refractivity contribution in [2.45, 2.75) is 6.04 Å². The number of thiophene rings is 1. The minimum absolute atomic E-state index is 0.0697. The number of benzene rings is 1. The number of hydrogen-bond donors (Lipinski definition) is 2. The molecule has 0 fully saturated rings. The molecule has 2 rings (SSSR count). The van der Waals surface area contributed by atoms with Crippen LogP contribution in [0, 0.1) is 10.1 Å². The highest BCUT2D eigenvalue weighted by Gasteiger charge is 2.22. The summed E-state index contributed by atoms with van der Waals surface area (Å²) >= 11 is 1.31. The Balaban J connectivity index is 2.30. The number of carbonyl (C=O) groups is 1. The maximum atomic E-state index is 11.3. The summed E-state index contributed by atoms with van der Waals surface area (Å²) in [5.41, 5.74) is 0.254. The van der Waals surface area contributed by atoms with E-state index in [2.05, 4.69) is 5.32 Å². The van der Waals surface area contributed by atoms with Crippen LogP contribution in [0.5, 0.6) is 5.75 Å². The smallest absolute Gasteiger partial charge is 0.331 e. The summed E-state index contributed by atoms with van der Waals surface area (Å²) in [7, 11) is 1.32. The Morgan fingerprint density at radius 1 is 1.48 bits per heavy atom. The number of ether oxygens (including phenoxy) is 1. The zero-order valence-corrected chi connectivity index (χ0v) is 11.8.